The van der Waals surface area contributed by atoms with Gasteiger partial charge in [-0.1, -0.05) is 0 Å². The Morgan fingerprint density at radius 2 is 2.25 bits per heavy atom. The predicted molar refractivity (Wildman–Crippen MR) is 47.6 cm³/mol. The van der Waals surface area contributed by atoms with Gasteiger partial charge in [-0.15, -0.1) is 12.4 Å². The molecule has 0 N–H and O–H groups in total. The van der Waals surface area contributed by atoms with E-state index in [0.29, 0.717) is 5.69 Å². The molecule has 66 valence electrons. The molecule has 0 bridgehead atoms. The number of methoxy groups -OCH3 is 1. The normalized spacial score (nSPS) is 8.50. The summed E-state index contributed by atoms with van der Waals surface area (Å²) in [5, 5.41) is 0. The molecule has 0 unspecified atom stereocenters. The van der Waals surface area contributed by atoms with Gasteiger partial charge in [-0.05, 0) is 24.6 Å². The highest BCUT2D eigenvalue weighted by Gasteiger charge is 2.04. The number of ether oxygens (including phenoxy) is 1. The molecule has 0 radical (unpaired) electrons. The summed E-state index contributed by atoms with van der Waals surface area (Å²) in [6, 6.07) is 3.51. The Labute approximate surface area is 77.2 Å². The molecule has 1 aromatic heterocycles. The Morgan fingerprint density at radius 1 is 1.58 bits per heavy atom. The van der Waals surface area contributed by atoms with E-state index in [4.69, 9.17) is 0 Å². The van der Waals surface area contributed by atoms with Crippen LogP contribution in [-0.4, -0.2) is 18.1 Å². The van der Waals surface area contributed by atoms with Crippen molar-refractivity contribution in [3.05, 3.63) is 29.6 Å². The molecular formula is C8H10ClNO2. The van der Waals surface area contributed by atoms with Crippen molar-refractivity contribution >= 4 is 18.4 Å². The lowest BCUT2D eigenvalue weighted by Crippen LogP contribution is -2.03. The minimum atomic E-state index is -0.395. The first-order valence-electron chi connectivity index (χ1n) is 3.25. The number of carbonyl (C=O) groups excluding carboxylic acids is 1. The van der Waals surface area contributed by atoms with Crippen LogP contribution < -0.4 is 0 Å². The van der Waals surface area contributed by atoms with Crippen LogP contribution in [0, 0.1) is 6.92 Å². The second-order valence-electron chi connectivity index (χ2n) is 2.21. The van der Waals surface area contributed by atoms with Crippen LogP contribution in [0.5, 0.6) is 0 Å². The predicted octanol–water partition coefficient (Wildman–Crippen LogP) is 1.60. The van der Waals surface area contributed by atoms with Gasteiger partial charge in [0.15, 0.2) is 0 Å². The monoisotopic (exact) mass is 187 g/mol. The zero-order valence-electron chi connectivity index (χ0n) is 6.90. The Kier molecular flexibility index (Phi) is 4.29. The van der Waals surface area contributed by atoms with Crippen LogP contribution in [0.15, 0.2) is 18.3 Å². The van der Waals surface area contributed by atoms with Gasteiger partial charge in [-0.25, -0.2) is 9.78 Å². The van der Waals surface area contributed by atoms with E-state index in [1.165, 1.54) is 7.11 Å². The second kappa shape index (κ2) is 4.72. The third-order valence-electron chi connectivity index (χ3n) is 1.31. The number of esters is 1. The van der Waals surface area contributed by atoms with Crippen molar-refractivity contribution in [1.29, 1.82) is 0 Å². The number of aryl methyl sites for hydroxylation is 1. The number of carbonyl (C=O) groups is 1. The first-order chi connectivity index (χ1) is 5.24. The molecule has 0 aliphatic carbocycles. The van der Waals surface area contributed by atoms with E-state index in [1.807, 2.05) is 13.0 Å². The zero-order chi connectivity index (χ0) is 8.27. The highest BCUT2D eigenvalue weighted by Crippen LogP contribution is 2.00. The lowest BCUT2D eigenvalue weighted by Gasteiger charge is -1.97. The van der Waals surface area contributed by atoms with Crippen LogP contribution in [0.4, 0.5) is 0 Å². The molecule has 0 fully saturated rings. The Hall–Kier alpha value is -1.09. The van der Waals surface area contributed by atoms with Gasteiger partial charge in [0.1, 0.15) is 5.69 Å². The van der Waals surface area contributed by atoms with Crippen molar-refractivity contribution in [2.45, 2.75) is 6.92 Å². The van der Waals surface area contributed by atoms with Crippen molar-refractivity contribution in [2.75, 3.05) is 7.11 Å². The number of hydrogen-bond donors (Lipinski definition) is 0. The molecule has 0 saturated carbocycles. The fourth-order valence-electron chi connectivity index (χ4n) is 0.752. The number of aromatic nitrogens is 1. The number of rotatable bonds is 1. The van der Waals surface area contributed by atoms with Crippen molar-refractivity contribution in [1.82, 2.24) is 4.98 Å². The van der Waals surface area contributed by atoms with Crippen LogP contribution in [0.2, 0.25) is 0 Å². The van der Waals surface area contributed by atoms with Gasteiger partial charge in [-0.3, -0.25) is 0 Å². The SMILES string of the molecule is COC(=O)c1cc(C)ccn1.Cl. The summed E-state index contributed by atoms with van der Waals surface area (Å²) >= 11 is 0. The van der Waals surface area contributed by atoms with Gasteiger partial charge in [0.2, 0.25) is 0 Å². The van der Waals surface area contributed by atoms with E-state index in [9.17, 15) is 4.79 Å². The van der Waals surface area contributed by atoms with Crippen molar-refractivity contribution < 1.29 is 9.53 Å². The summed E-state index contributed by atoms with van der Waals surface area (Å²) in [5.74, 6) is -0.395. The third-order valence-corrected chi connectivity index (χ3v) is 1.31. The summed E-state index contributed by atoms with van der Waals surface area (Å²) in [6.07, 6.45) is 1.58. The number of nitrogens with zero attached hydrogens (tertiary/aromatic N) is 1. The fraction of sp³-hybridized carbons (Fsp3) is 0.250. The standard InChI is InChI=1S/C8H9NO2.ClH/c1-6-3-4-9-7(5-6)8(10)11-2;/h3-5H,1-2H3;1H. The summed E-state index contributed by atoms with van der Waals surface area (Å²) in [6.45, 7) is 1.90. The molecule has 0 saturated heterocycles. The summed E-state index contributed by atoms with van der Waals surface area (Å²) in [7, 11) is 1.34. The molecule has 0 spiro atoms. The Morgan fingerprint density at radius 3 is 2.75 bits per heavy atom. The van der Waals surface area contributed by atoms with Gasteiger partial charge in [0, 0.05) is 6.20 Å². The maximum atomic E-state index is 10.9. The van der Waals surface area contributed by atoms with E-state index in [-0.39, 0.29) is 12.4 Å². The fourth-order valence-corrected chi connectivity index (χ4v) is 0.752. The highest BCUT2D eigenvalue weighted by molar-refractivity contribution is 5.87. The largest absolute Gasteiger partial charge is 0.464 e. The summed E-state index contributed by atoms with van der Waals surface area (Å²) < 4.78 is 4.49. The minimum absolute atomic E-state index is 0. The molecule has 1 rings (SSSR count). The molecule has 1 heterocycles. The molecule has 0 aromatic carbocycles. The van der Waals surface area contributed by atoms with Crippen LogP contribution in [0.25, 0.3) is 0 Å². The minimum Gasteiger partial charge on any atom is -0.464 e. The third kappa shape index (κ3) is 2.51. The van der Waals surface area contributed by atoms with E-state index in [1.54, 1.807) is 12.3 Å². The van der Waals surface area contributed by atoms with Crippen molar-refractivity contribution in [3.8, 4) is 0 Å². The van der Waals surface area contributed by atoms with Gasteiger partial charge in [-0.2, -0.15) is 0 Å². The molecule has 0 aliphatic rings. The number of halogens is 1. The first-order valence-corrected chi connectivity index (χ1v) is 3.25. The van der Waals surface area contributed by atoms with Gasteiger partial charge in [0.25, 0.3) is 0 Å². The van der Waals surface area contributed by atoms with Crippen LogP contribution in [0.3, 0.4) is 0 Å². The van der Waals surface area contributed by atoms with Crippen LogP contribution in [-0.2, 0) is 4.74 Å². The van der Waals surface area contributed by atoms with Gasteiger partial charge in [0.05, 0.1) is 7.11 Å². The van der Waals surface area contributed by atoms with Gasteiger partial charge >= 0.3 is 5.97 Å². The highest BCUT2D eigenvalue weighted by atomic mass is 35.5. The molecule has 0 atom stereocenters. The van der Waals surface area contributed by atoms with Crippen LogP contribution >= 0.6 is 12.4 Å². The lowest BCUT2D eigenvalue weighted by molar-refractivity contribution is 0.0594. The van der Waals surface area contributed by atoms with Crippen LogP contribution in [0.1, 0.15) is 16.1 Å². The topological polar surface area (TPSA) is 39.2 Å². The van der Waals surface area contributed by atoms with Crippen molar-refractivity contribution in [3.63, 3.8) is 0 Å². The maximum absolute atomic E-state index is 10.9. The van der Waals surface area contributed by atoms with Gasteiger partial charge < -0.3 is 4.74 Å². The number of pyridine rings is 1. The number of hydrogen-bond acceptors (Lipinski definition) is 3. The molecule has 12 heavy (non-hydrogen) atoms. The first kappa shape index (κ1) is 10.9. The second-order valence-corrected chi connectivity index (χ2v) is 2.21. The molecule has 3 nitrogen and oxygen atoms in total. The molecule has 0 aliphatic heterocycles. The Bertz CT molecular complexity index is 276. The van der Waals surface area contributed by atoms with E-state index >= 15 is 0 Å². The molecule has 1 aromatic rings. The molecule has 0 amide bonds. The summed E-state index contributed by atoms with van der Waals surface area (Å²) in [5.41, 5.74) is 1.35. The lowest BCUT2D eigenvalue weighted by atomic mass is 10.2. The van der Waals surface area contributed by atoms with Crippen molar-refractivity contribution in [2.24, 2.45) is 0 Å². The zero-order valence-corrected chi connectivity index (χ0v) is 7.72. The van der Waals surface area contributed by atoms with E-state index in [2.05, 4.69) is 9.72 Å². The van der Waals surface area contributed by atoms with E-state index in [0.717, 1.165) is 5.56 Å². The average molecular weight is 188 g/mol. The average Bonchev–Trinajstić information content (AvgIpc) is 2.03. The molecule has 4 heteroatoms. The van der Waals surface area contributed by atoms with E-state index < -0.39 is 5.97 Å². The maximum Gasteiger partial charge on any atom is 0.356 e. The Balaban J connectivity index is 0.00000121. The smallest absolute Gasteiger partial charge is 0.356 e. The quantitative estimate of drug-likeness (QED) is 0.627. The molecular weight excluding hydrogens is 178 g/mol. The summed E-state index contributed by atoms with van der Waals surface area (Å²) in [4.78, 5) is 14.7.